The molecular weight excluding hydrogens is 165 g/mol. The summed E-state index contributed by atoms with van der Waals surface area (Å²) in [6.07, 6.45) is 0. The average Bonchev–Trinajstić information content (AvgIpc) is 0.722. The molecule has 0 aliphatic rings. The van der Waals surface area contributed by atoms with Crippen LogP contribution in [0.5, 0.6) is 0 Å². The van der Waals surface area contributed by atoms with Crippen molar-refractivity contribution >= 4 is 0 Å². The molecule has 0 aromatic heterocycles. The van der Waals surface area contributed by atoms with Crippen molar-refractivity contribution in [2.45, 2.75) is 0 Å². The summed E-state index contributed by atoms with van der Waals surface area (Å²) in [5.74, 6) is 0. The Bertz CT molecular complexity index is 86.8. The van der Waals surface area contributed by atoms with Crippen LogP contribution in [0.25, 0.3) is 0 Å². The van der Waals surface area contributed by atoms with Crippen LogP contribution in [0.3, 0.4) is 0 Å². The Morgan fingerprint density at radius 2 is 1.20 bits per heavy atom. The summed E-state index contributed by atoms with van der Waals surface area (Å²) in [6, 6.07) is 0. The van der Waals surface area contributed by atoms with E-state index in [9.17, 15) is 0 Å². The molecular formula is H2O4Ru. The third-order valence-electron chi connectivity index (χ3n) is 0. The van der Waals surface area contributed by atoms with Gasteiger partial charge in [-0.1, -0.05) is 0 Å². The van der Waals surface area contributed by atoms with Crippen LogP contribution in [0.1, 0.15) is 0 Å². The molecule has 0 aliphatic heterocycles. The van der Waals surface area contributed by atoms with E-state index in [0.29, 0.717) is 0 Å². The Balaban J connectivity index is 4.06. The summed E-state index contributed by atoms with van der Waals surface area (Å²) in [7, 11) is 0. The monoisotopic (exact) mass is 168 g/mol. The molecule has 2 N–H and O–H groups in total. The van der Waals surface area contributed by atoms with Crippen molar-refractivity contribution in [1.29, 1.82) is 0 Å². The van der Waals surface area contributed by atoms with Gasteiger partial charge in [-0.05, 0) is 0 Å². The third kappa shape index (κ3) is 926. The van der Waals surface area contributed by atoms with E-state index in [-0.39, 0.29) is 0 Å². The molecule has 0 aromatic rings. The van der Waals surface area contributed by atoms with Crippen molar-refractivity contribution in [3.63, 3.8) is 0 Å². The van der Waals surface area contributed by atoms with Crippen molar-refractivity contribution < 1.29 is 30.4 Å². The van der Waals surface area contributed by atoms with Crippen LogP contribution in [-0.2, 0) is 22.5 Å². The molecule has 0 radical (unpaired) electrons. The van der Waals surface area contributed by atoms with E-state index in [1.54, 1.807) is 0 Å². The molecule has 0 bridgehead atoms. The van der Waals surface area contributed by atoms with Gasteiger partial charge in [0, 0.05) is 0 Å². The van der Waals surface area contributed by atoms with Gasteiger partial charge in [0.1, 0.15) is 0 Å². The molecule has 34 valence electrons. The van der Waals surface area contributed by atoms with Gasteiger partial charge in [0.2, 0.25) is 0 Å². The Hall–Kier alpha value is 0.143. The molecule has 0 fully saturated rings. The Morgan fingerprint density at radius 3 is 1.20 bits per heavy atom. The van der Waals surface area contributed by atoms with E-state index in [4.69, 9.17) is 15.0 Å². The molecule has 0 saturated heterocycles. The number of hydrogen-bond donors (Lipinski definition) is 2. The van der Waals surface area contributed by atoms with Crippen LogP contribution in [0.4, 0.5) is 0 Å². The molecule has 0 spiro atoms. The van der Waals surface area contributed by atoms with Crippen molar-refractivity contribution in [3.8, 4) is 0 Å². The molecule has 0 aliphatic carbocycles. The minimum atomic E-state index is -5.36. The van der Waals surface area contributed by atoms with Gasteiger partial charge in [-0.2, -0.15) is 0 Å². The zero-order chi connectivity index (χ0) is 4.50. The predicted octanol–water partition coefficient (Wildman–Crippen LogP) is -1.35. The second-order valence-electron chi connectivity index (χ2n) is 0.388. The summed E-state index contributed by atoms with van der Waals surface area (Å²) in [5, 5.41) is 0. The molecule has 0 unspecified atom stereocenters. The summed E-state index contributed by atoms with van der Waals surface area (Å²) < 4.78 is 31.9. The molecule has 0 rings (SSSR count). The normalized spacial score (nSPS) is 14.8. The zero-order valence-corrected chi connectivity index (χ0v) is 3.80. The fourth-order valence-corrected chi connectivity index (χ4v) is 0. The fourth-order valence-electron chi connectivity index (χ4n) is 0. The van der Waals surface area contributed by atoms with Crippen molar-refractivity contribution in [2.24, 2.45) is 0 Å². The zero-order valence-electron chi connectivity index (χ0n) is 2.06. The first-order valence-electron chi connectivity index (χ1n) is 0.605. The molecule has 0 saturated carbocycles. The van der Waals surface area contributed by atoms with Gasteiger partial charge in [-0.15, -0.1) is 0 Å². The number of hydrogen-bond acceptors (Lipinski definition) is 2. The quantitative estimate of drug-likeness (QED) is 0.437. The van der Waals surface area contributed by atoms with E-state index >= 15 is 0 Å². The predicted molar refractivity (Wildman–Crippen MR) is 5.81 cm³/mol. The standard InChI is InChI=1S/2H2O.2O.Ru/h2*1H2;;;/q;;;;+2/p-2. The molecule has 0 atom stereocenters. The Kier molecular flexibility index (Phi) is 1.12. The second-order valence-corrected chi connectivity index (χ2v) is 2.29. The first kappa shape index (κ1) is 5.14. The van der Waals surface area contributed by atoms with Crippen LogP contribution in [0.15, 0.2) is 0 Å². The first-order valence-corrected chi connectivity index (χ1v) is 3.58. The Labute approximate surface area is 31.2 Å². The number of rotatable bonds is 0. The van der Waals surface area contributed by atoms with Gasteiger partial charge in [-0.25, -0.2) is 0 Å². The third-order valence-corrected chi connectivity index (χ3v) is 0. The van der Waals surface area contributed by atoms with Crippen LogP contribution in [-0.4, -0.2) is 7.87 Å². The molecule has 0 amide bonds. The molecule has 4 nitrogen and oxygen atoms in total. The van der Waals surface area contributed by atoms with Gasteiger partial charge in [-0.3, -0.25) is 0 Å². The van der Waals surface area contributed by atoms with Crippen molar-refractivity contribution in [1.82, 2.24) is 0 Å². The van der Waals surface area contributed by atoms with E-state index < -0.39 is 15.4 Å². The maximum absolute atomic E-state index is 8.83. The molecule has 0 aromatic carbocycles. The topological polar surface area (TPSA) is 74.6 Å². The van der Waals surface area contributed by atoms with E-state index in [1.165, 1.54) is 0 Å². The summed E-state index contributed by atoms with van der Waals surface area (Å²) in [4.78, 5) is 0. The van der Waals surface area contributed by atoms with Gasteiger partial charge in [0.05, 0.1) is 0 Å². The first-order chi connectivity index (χ1) is 2.00. The van der Waals surface area contributed by atoms with Crippen LogP contribution < -0.4 is 0 Å². The van der Waals surface area contributed by atoms with Gasteiger partial charge in [0.25, 0.3) is 0 Å². The van der Waals surface area contributed by atoms with E-state index in [0.717, 1.165) is 0 Å². The SMILES string of the molecule is [O]=[Ru](=[O])([OH])[OH]. The van der Waals surface area contributed by atoms with Crippen molar-refractivity contribution in [2.75, 3.05) is 0 Å². The minimum absolute atomic E-state index is 5.36. The molecule has 5 heteroatoms. The van der Waals surface area contributed by atoms with Gasteiger partial charge in [0.15, 0.2) is 0 Å². The fraction of sp³-hybridized carbons (Fsp3) is 0. The summed E-state index contributed by atoms with van der Waals surface area (Å²) >= 11 is -5.36. The van der Waals surface area contributed by atoms with E-state index in [1.807, 2.05) is 0 Å². The molecule has 0 heterocycles. The Morgan fingerprint density at radius 1 is 1.20 bits per heavy atom. The second kappa shape index (κ2) is 1.08. The molecule has 5 heavy (non-hydrogen) atoms. The van der Waals surface area contributed by atoms with Gasteiger partial charge >= 0.3 is 30.4 Å². The summed E-state index contributed by atoms with van der Waals surface area (Å²) in [5.41, 5.74) is 0. The van der Waals surface area contributed by atoms with Crippen molar-refractivity contribution in [3.05, 3.63) is 0 Å². The summed E-state index contributed by atoms with van der Waals surface area (Å²) in [6.45, 7) is 0. The van der Waals surface area contributed by atoms with Crippen LogP contribution in [0, 0.1) is 0 Å². The van der Waals surface area contributed by atoms with Crippen LogP contribution in [0.2, 0.25) is 0 Å². The van der Waals surface area contributed by atoms with E-state index in [2.05, 4.69) is 0 Å². The maximum atomic E-state index is 8.83. The van der Waals surface area contributed by atoms with Crippen LogP contribution >= 0.6 is 0 Å². The average molecular weight is 167 g/mol. The van der Waals surface area contributed by atoms with Gasteiger partial charge < -0.3 is 0 Å².